The minimum Gasteiger partial charge on any atom is -0.0953 e. The third kappa shape index (κ3) is 5.02. The van der Waals surface area contributed by atoms with Crippen molar-refractivity contribution in [2.75, 3.05) is 0 Å². The Labute approximate surface area is 77.8 Å². The van der Waals surface area contributed by atoms with E-state index in [-0.39, 0.29) is 5.41 Å². The van der Waals surface area contributed by atoms with Gasteiger partial charge in [0.2, 0.25) is 0 Å². The Bertz CT molecular complexity index is 191. The van der Waals surface area contributed by atoms with Crippen molar-refractivity contribution in [2.24, 2.45) is 5.41 Å². The molecule has 0 radical (unpaired) electrons. The highest BCUT2D eigenvalue weighted by atomic mass is 79.9. The lowest BCUT2D eigenvalue weighted by atomic mass is 9.87. The number of allylic oxidation sites excluding steroid dienone is 4. The smallest absolute Gasteiger partial charge is 0.0103 e. The van der Waals surface area contributed by atoms with Gasteiger partial charge in [-0.2, -0.15) is 0 Å². The van der Waals surface area contributed by atoms with Gasteiger partial charge in [-0.25, -0.2) is 0 Å². The van der Waals surface area contributed by atoms with Gasteiger partial charge in [-0.15, -0.1) is 0 Å². The van der Waals surface area contributed by atoms with Crippen molar-refractivity contribution in [3.63, 3.8) is 0 Å². The molecule has 1 heteroatoms. The predicted molar refractivity (Wildman–Crippen MR) is 55.8 cm³/mol. The van der Waals surface area contributed by atoms with Gasteiger partial charge in [0.1, 0.15) is 0 Å². The first-order chi connectivity index (χ1) is 4.84. The van der Waals surface area contributed by atoms with E-state index in [9.17, 15) is 0 Å². The monoisotopic (exact) mass is 214 g/mol. The van der Waals surface area contributed by atoms with Crippen molar-refractivity contribution in [1.29, 1.82) is 0 Å². The first kappa shape index (κ1) is 10.7. The van der Waals surface area contributed by atoms with Gasteiger partial charge < -0.3 is 0 Å². The third-order valence-corrected chi connectivity index (χ3v) is 1.69. The van der Waals surface area contributed by atoms with E-state index in [1.807, 2.05) is 12.2 Å². The topological polar surface area (TPSA) is 0 Å². The maximum Gasteiger partial charge on any atom is 0.0103 e. The molecule has 0 unspecified atom stereocenters. The zero-order valence-electron chi connectivity index (χ0n) is 7.45. The average molecular weight is 215 g/mol. The van der Waals surface area contributed by atoms with E-state index in [1.54, 1.807) is 0 Å². The lowest BCUT2D eigenvalue weighted by Crippen LogP contribution is -2.05. The largest absolute Gasteiger partial charge is 0.0953 e. The van der Waals surface area contributed by atoms with Crippen molar-refractivity contribution in [3.05, 3.63) is 35.4 Å². The quantitative estimate of drug-likeness (QED) is 0.609. The maximum absolute atomic E-state index is 3.95. The van der Waals surface area contributed by atoms with Gasteiger partial charge in [-0.05, 0) is 17.1 Å². The van der Waals surface area contributed by atoms with Crippen molar-refractivity contribution in [1.82, 2.24) is 0 Å². The second-order valence-corrected chi connectivity index (χ2v) is 4.57. The summed E-state index contributed by atoms with van der Waals surface area (Å²) in [7, 11) is 0. The minimum absolute atomic E-state index is 0.152. The van der Waals surface area contributed by atoms with Crippen molar-refractivity contribution >= 4 is 15.9 Å². The SMILES string of the molecule is C=C(Br)/C=C\C(=C)C(C)(C)C. The van der Waals surface area contributed by atoms with Gasteiger partial charge in [0.15, 0.2) is 0 Å². The summed E-state index contributed by atoms with van der Waals surface area (Å²) in [4.78, 5) is 0. The van der Waals surface area contributed by atoms with Crippen LogP contribution in [-0.4, -0.2) is 0 Å². The van der Waals surface area contributed by atoms with E-state index < -0.39 is 0 Å². The summed E-state index contributed by atoms with van der Waals surface area (Å²) in [6.07, 6.45) is 3.89. The molecule has 0 N–H and O–H groups in total. The fourth-order valence-electron chi connectivity index (χ4n) is 0.441. The van der Waals surface area contributed by atoms with Crippen molar-refractivity contribution in [2.45, 2.75) is 20.8 Å². The molecule has 11 heavy (non-hydrogen) atoms. The van der Waals surface area contributed by atoms with Crippen LogP contribution in [0.3, 0.4) is 0 Å². The molecular weight excluding hydrogens is 200 g/mol. The van der Waals surface area contributed by atoms with Crippen LogP contribution in [0.2, 0.25) is 0 Å². The van der Waals surface area contributed by atoms with Crippen LogP contribution in [0.4, 0.5) is 0 Å². The molecular formula is C10H15Br. The van der Waals surface area contributed by atoms with Crippen LogP contribution in [-0.2, 0) is 0 Å². The van der Waals surface area contributed by atoms with Gasteiger partial charge >= 0.3 is 0 Å². The summed E-state index contributed by atoms with van der Waals surface area (Å²) >= 11 is 3.25. The molecule has 0 aromatic rings. The maximum atomic E-state index is 3.95. The normalized spacial score (nSPS) is 12.0. The van der Waals surface area contributed by atoms with Crippen molar-refractivity contribution < 1.29 is 0 Å². The van der Waals surface area contributed by atoms with E-state index in [0.29, 0.717) is 0 Å². The predicted octanol–water partition coefficient (Wildman–Crippen LogP) is 4.05. The van der Waals surface area contributed by atoms with Gasteiger partial charge in [-0.3, -0.25) is 0 Å². The van der Waals surface area contributed by atoms with Gasteiger partial charge in [0, 0.05) is 4.48 Å². The summed E-state index contributed by atoms with van der Waals surface area (Å²) in [6.45, 7) is 14.1. The highest BCUT2D eigenvalue weighted by molar-refractivity contribution is 9.11. The van der Waals surface area contributed by atoms with Crippen LogP contribution < -0.4 is 0 Å². The Morgan fingerprint density at radius 1 is 1.18 bits per heavy atom. The fraction of sp³-hybridized carbons (Fsp3) is 0.400. The molecule has 0 fully saturated rings. The molecule has 0 saturated heterocycles. The molecule has 0 atom stereocenters. The van der Waals surface area contributed by atoms with Crippen LogP contribution in [0.15, 0.2) is 35.4 Å². The molecule has 0 rings (SSSR count). The summed E-state index contributed by atoms with van der Waals surface area (Å²) in [6, 6.07) is 0. The first-order valence-electron chi connectivity index (χ1n) is 3.56. The van der Waals surface area contributed by atoms with E-state index in [0.717, 1.165) is 10.1 Å². The average Bonchev–Trinajstić information content (AvgIpc) is 1.80. The van der Waals surface area contributed by atoms with E-state index in [4.69, 9.17) is 0 Å². The molecule has 0 heterocycles. The van der Waals surface area contributed by atoms with Gasteiger partial charge in [-0.1, -0.05) is 55.9 Å². The Hall–Kier alpha value is -0.300. The van der Waals surface area contributed by atoms with Gasteiger partial charge in [0.25, 0.3) is 0 Å². The van der Waals surface area contributed by atoms with Crippen LogP contribution >= 0.6 is 15.9 Å². The Morgan fingerprint density at radius 3 is 1.91 bits per heavy atom. The van der Waals surface area contributed by atoms with Crippen LogP contribution in [0.25, 0.3) is 0 Å². The first-order valence-corrected chi connectivity index (χ1v) is 4.35. The standard InChI is InChI=1S/C10H15Br/c1-8(10(3,4)5)6-7-9(2)11/h6-7H,1-2H2,3-5H3/b7-6-. The molecule has 0 amide bonds. The molecule has 0 aliphatic heterocycles. The highest BCUT2D eigenvalue weighted by Crippen LogP contribution is 2.24. The lowest BCUT2D eigenvalue weighted by molar-refractivity contribution is 0.519. The second-order valence-electron chi connectivity index (χ2n) is 3.56. The molecule has 0 aliphatic carbocycles. The van der Waals surface area contributed by atoms with E-state index in [1.165, 1.54) is 0 Å². The summed E-state index contributed by atoms with van der Waals surface area (Å²) < 4.78 is 0.878. The second kappa shape index (κ2) is 3.91. The van der Waals surface area contributed by atoms with Crippen LogP contribution in [0, 0.1) is 5.41 Å². The van der Waals surface area contributed by atoms with Gasteiger partial charge in [0.05, 0.1) is 0 Å². The van der Waals surface area contributed by atoms with Crippen molar-refractivity contribution in [3.8, 4) is 0 Å². The zero-order chi connectivity index (χ0) is 9.07. The lowest BCUT2D eigenvalue weighted by Gasteiger charge is -2.18. The minimum atomic E-state index is 0.152. The third-order valence-electron chi connectivity index (χ3n) is 1.43. The summed E-state index contributed by atoms with van der Waals surface area (Å²) in [5, 5.41) is 0. The van der Waals surface area contributed by atoms with Crippen LogP contribution in [0.1, 0.15) is 20.8 Å². The molecule has 0 aromatic carbocycles. The van der Waals surface area contributed by atoms with E-state index in [2.05, 4.69) is 49.9 Å². The highest BCUT2D eigenvalue weighted by Gasteiger charge is 2.11. The van der Waals surface area contributed by atoms with E-state index >= 15 is 0 Å². The number of hydrogen-bond donors (Lipinski definition) is 0. The molecule has 0 aliphatic rings. The molecule has 0 spiro atoms. The summed E-state index contributed by atoms with van der Waals surface area (Å²) in [5.41, 5.74) is 1.26. The molecule has 0 nitrogen and oxygen atoms in total. The molecule has 0 aromatic heterocycles. The zero-order valence-corrected chi connectivity index (χ0v) is 9.03. The van der Waals surface area contributed by atoms with Crippen LogP contribution in [0.5, 0.6) is 0 Å². The number of halogens is 1. The Kier molecular flexibility index (Phi) is 3.81. The molecule has 62 valence electrons. The summed E-state index contributed by atoms with van der Waals surface area (Å²) in [5.74, 6) is 0. The Balaban J connectivity index is 4.20. The Morgan fingerprint density at radius 2 is 1.64 bits per heavy atom. The number of hydrogen-bond acceptors (Lipinski definition) is 0. The number of rotatable bonds is 2. The molecule has 0 bridgehead atoms. The molecule has 0 saturated carbocycles. The fourth-order valence-corrected chi connectivity index (χ4v) is 0.573.